The van der Waals surface area contributed by atoms with Gasteiger partial charge in [-0.15, -0.1) is 0 Å². The van der Waals surface area contributed by atoms with Crippen molar-refractivity contribution >= 4 is 5.91 Å². The van der Waals surface area contributed by atoms with Gasteiger partial charge in [0.2, 0.25) is 0 Å². The summed E-state index contributed by atoms with van der Waals surface area (Å²) < 4.78 is 3.77. The van der Waals surface area contributed by atoms with Gasteiger partial charge in [0.05, 0.1) is 29.9 Å². The van der Waals surface area contributed by atoms with Crippen LogP contribution >= 0.6 is 0 Å². The van der Waals surface area contributed by atoms with E-state index in [-0.39, 0.29) is 17.5 Å². The van der Waals surface area contributed by atoms with E-state index >= 15 is 0 Å². The SMILES string of the molecule is CC(C)(C)n1cc(C(=O)N2CCCC[C@H]2Cn2cccn2)cn1. The first-order valence-electron chi connectivity index (χ1n) is 8.29. The van der Waals surface area contributed by atoms with E-state index in [1.807, 2.05) is 32.7 Å². The largest absolute Gasteiger partial charge is 0.334 e. The standard InChI is InChI=1S/C17H25N5O/c1-17(2,3)22-12-14(11-19-22)16(23)21-10-5-4-7-15(21)13-20-9-6-8-18-20/h6,8-9,11-12,15H,4-5,7,10,13H2,1-3H3/t15-/m0/s1. The predicted molar refractivity (Wildman–Crippen MR) is 88.1 cm³/mol. The first kappa shape index (κ1) is 15.8. The number of likely N-dealkylation sites (tertiary alicyclic amines) is 1. The lowest BCUT2D eigenvalue weighted by Crippen LogP contribution is -2.45. The Balaban J connectivity index is 1.77. The summed E-state index contributed by atoms with van der Waals surface area (Å²) in [4.78, 5) is 14.9. The Morgan fingerprint density at radius 1 is 1.30 bits per heavy atom. The van der Waals surface area contributed by atoms with Gasteiger partial charge in [0.25, 0.3) is 5.91 Å². The maximum Gasteiger partial charge on any atom is 0.257 e. The summed E-state index contributed by atoms with van der Waals surface area (Å²) in [6.45, 7) is 7.80. The molecule has 0 aromatic carbocycles. The smallest absolute Gasteiger partial charge is 0.257 e. The summed E-state index contributed by atoms with van der Waals surface area (Å²) in [6.07, 6.45) is 10.5. The van der Waals surface area contributed by atoms with Crippen molar-refractivity contribution in [3.8, 4) is 0 Å². The van der Waals surface area contributed by atoms with E-state index in [0.29, 0.717) is 5.56 Å². The van der Waals surface area contributed by atoms with Crippen LogP contribution in [0.15, 0.2) is 30.9 Å². The predicted octanol–water partition coefficient (Wildman–Crippen LogP) is 2.53. The number of hydrogen-bond donors (Lipinski definition) is 0. The van der Waals surface area contributed by atoms with Crippen LogP contribution in [0, 0.1) is 0 Å². The van der Waals surface area contributed by atoms with E-state index in [0.717, 1.165) is 32.4 Å². The molecule has 1 amide bonds. The molecule has 6 nitrogen and oxygen atoms in total. The van der Waals surface area contributed by atoms with Gasteiger partial charge in [-0.25, -0.2) is 0 Å². The van der Waals surface area contributed by atoms with Crippen molar-refractivity contribution in [3.05, 3.63) is 36.4 Å². The van der Waals surface area contributed by atoms with Crippen LogP contribution in [0.2, 0.25) is 0 Å². The molecule has 0 aliphatic carbocycles. The average molecular weight is 315 g/mol. The molecule has 0 unspecified atom stereocenters. The highest BCUT2D eigenvalue weighted by Crippen LogP contribution is 2.22. The molecule has 0 N–H and O–H groups in total. The van der Waals surface area contributed by atoms with Crippen LogP contribution in [0.4, 0.5) is 0 Å². The molecule has 23 heavy (non-hydrogen) atoms. The molecule has 1 aliphatic rings. The van der Waals surface area contributed by atoms with Crippen molar-refractivity contribution in [1.29, 1.82) is 0 Å². The third-order valence-electron chi connectivity index (χ3n) is 4.36. The van der Waals surface area contributed by atoms with Gasteiger partial charge in [-0.1, -0.05) is 0 Å². The Morgan fingerprint density at radius 2 is 2.13 bits per heavy atom. The zero-order valence-electron chi connectivity index (χ0n) is 14.1. The second-order valence-corrected chi connectivity index (χ2v) is 7.22. The molecule has 1 saturated heterocycles. The van der Waals surface area contributed by atoms with Crippen molar-refractivity contribution in [1.82, 2.24) is 24.5 Å². The number of rotatable bonds is 3. The van der Waals surface area contributed by atoms with E-state index in [4.69, 9.17) is 0 Å². The summed E-state index contributed by atoms with van der Waals surface area (Å²) in [5.41, 5.74) is 0.557. The molecule has 6 heteroatoms. The van der Waals surface area contributed by atoms with Gasteiger partial charge >= 0.3 is 0 Å². The van der Waals surface area contributed by atoms with Crippen molar-refractivity contribution in [2.75, 3.05) is 6.54 Å². The van der Waals surface area contributed by atoms with Crippen molar-refractivity contribution < 1.29 is 4.79 Å². The summed E-state index contributed by atoms with van der Waals surface area (Å²) in [7, 11) is 0. The van der Waals surface area contributed by atoms with Crippen LogP contribution in [-0.4, -0.2) is 43.0 Å². The Bertz CT molecular complexity index is 653. The minimum Gasteiger partial charge on any atom is -0.334 e. The number of piperidine rings is 1. The lowest BCUT2D eigenvalue weighted by atomic mass is 10.0. The molecular formula is C17H25N5O. The van der Waals surface area contributed by atoms with Crippen LogP contribution in [0.3, 0.4) is 0 Å². The first-order chi connectivity index (χ1) is 10.9. The van der Waals surface area contributed by atoms with E-state index in [1.54, 1.807) is 12.4 Å². The van der Waals surface area contributed by atoms with Crippen LogP contribution in [0.25, 0.3) is 0 Å². The summed E-state index contributed by atoms with van der Waals surface area (Å²) in [6, 6.07) is 2.12. The third-order valence-corrected chi connectivity index (χ3v) is 4.36. The molecule has 124 valence electrons. The fourth-order valence-corrected chi connectivity index (χ4v) is 3.05. The van der Waals surface area contributed by atoms with Gasteiger partial charge < -0.3 is 4.90 Å². The van der Waals surface area contributed by atoms with Crippen LogP contribution in [-0.2, 0) is 12.1 Å². The molecule has 3 rings (SSSR count). The topological polar surface area (TPSA) is 56.0 Å². The minimum absolute atomic E-state index is 0.0809. The molecule has 1 atom stereocenters. The quantitative estimate of drug-likeness (QED) is 0.874. The highest BCUT2D eigenvalue weighted by Gasteiger charge is 2.29. The van der Waals surface area contributed by atoms with E-state index in [9.17, 15) is 4.79 Å². The number of nitrogens with zero attached hydrogens (tertiary/aromatic N) is 5. The normalized spacial score (nSPS) is 19.1. The molecule has 0 radical (unpaired) electrons. The lowest BCUT2D eigenvalue weighted by molar-refractivity contribution is 0.0583. The third kappa shape index (κ3) is 3.46. The Hall–Kier alpha value is -2.11. The maximum atomic E-state index is 12.9. The van der Waals surface area contributed by atoms with Crippen LogP contribution < -0.4 is 0 Å². The van der Waals surface area contributed by atoms with Gasteiger partial charge in [0.1, 0.15) is 0 Å². The average Bonchev–Trinajstić information content (AvgIpc) is 3.18. The van der Waals surface area contributed by atoms with Gasteiger partial charge in [-0.05, 0) is 46.1 Å². The monoisotopic (exact) mass is 315 g/mol. The summed E-state index contributed by atoms with van der Waals surface area (Å²) in [5, 5.41) is 8.63. The fourth-order valence-electron chi connectivity index (χ4n) is 3.05. The molecule has 2 aromatic heterocycles. The fraction of sp³-hybridized carbons (Fsp3) is 0.588. The Labute approximate surface area is 137 Å². The number of hydrogen-bond acceptors (Lipinski definition) is 3. The van der Waals surface area contributed by atoms with Crippen molar-refractivity contribution in [2.24, 2.45) is 0 Å². The molecule has 3 heterocycles. The zero-order valence-corrected chi connectivity index (χ0v) is 14.1. The molecule has 0 saturated carbocycles. The molecular weight excluding hydrogens is 290 g/mol. The van der Waals surface area contributed by atoms with Gasteiger partial charge in [0.15, 0.2) is 0 Å². The number of carbonyl (C=O) groups is 1. The highest BCUT2D eigenvalue weighted by atomic mass is 16.2. The molecule has 0 bridgehead atoms. The number of carbonyl (C=O) groups excluding carboxylic acids is 1. The molecule has 0 spiro atoms. The van der Waals surface area contributed by atoms with Gasteiger partial charge in [-0.2, -0.15) is 10.2 Å². The lowest BCUT2D eigenvalue weighted by Gasteiger charge is -2.35. The van der Waals surface area contributed by atoms with E-state index in [1.165, 1.54) is 0 Å². The van der Waals surface area contributed by atoms with E-state index in [2.05, 4.69) is 31.0 Å². The summed E-state index contributed by atoms with van der Waals surface area (Å²) >= 11 is 0. The first-order valence-corrected chi connectivity index (χ1v) is 8.29. The summed E-state index contributed by atoms with van der Waals surface area (Å²) in [5.74, 6) is 0.0809. The molecule has 1 aliphatic heterocycles. The van der Waals surface area contributed by atoms with Gasteiger partial charge in [-0.3, -0.25) is 14.2 Å². The Kier molecular flexibility index (Phi) is 4.24. The highest BCUT2D eigenvalue weighted by molar-refractivity contribution is 5.94. The molecule has 1 fully saturated rings. The minimum atomic E-state index is -0.116. The van der Waals surface area contributed by atoms with Crippen LogP contribution in [0.1, 0.15) is 50.4 Å². The second-order valence-electron chi connectivity index (χ2n) is 7.22. The Morgan fingerprint density at radius 3 is 2.78 bits per heavy atom. The van der Waals surface area contributed by atoms with Crippen molar-refractivity contribution in [3.63, 3.8) is 0 Å². The maximum absolute atomic E-state index is 12.9. The van der Waals surface area contributed by atoms with Gasteiger partial charge in [0, 0.05) is 25.1 Å². The van der Waals surface area contributed by atoms with Crippen molar-refractivity contribution in [2.45, 2.75) is 58.2 Å². The van der Waals surface area contributed by atoms with Crippen LogP contribution in [0.5, 0.6) is 0 Å². The molecule has 2 aromatic rings. The number of amides is 1. The van der Waals surface area contributed by atoms with E-state index < -0.39 is 0 Å². The number of aromatic nitrogens is 4. The second kappa shape index (κ2) is 6.18. The zero-order chi connectivity index (χ0) is 16.4.